The van der Waals surface area contributed by atoms with E-state index in [4.69, 9.17) is 18.6 Å². The highest BCUT2D eigenvalue weighted by Gasteiger charge is 2.74. The highest BCUT2D eigenvalue weighted by molar-refractivity contribution is 6.01. The van der Waals surface area contributed by atoms with E-state index in [0.29, 0.717) is 22.9 Å². The highest BCUT2D eigenvalue weighted by Crippen LogP contribution is 2.60. The van der Waals surface area contributed by atoms with Gasteiger partial charge in [0.05, 0.1) is 36.3 Å². The van der Waals surface area contributed by atoms with Gasteiger partial charge in [0.2, 0.25) is 18.6 Å². The maximum absolute atomic E-state index is 13.9. The number of ether oxygens (including phenoxy) is 3. The van der Waals surface area contributed by atoms with E-state index >= 15 is 0 Å². The summed E-state index contributed by atoms with van der Waals surface area (Å²) in [6.07, 6.45) is 4.93. The Morgan fingerprint density at radius 3 is 2.85 bits per heavy atom. The standard InChI is InChI=1S/C25H22N2O7/c1-12-15(28)10-14(16-3-2-8-31-16)27-22(12)25-7-6-18(34-25)20(21(25)24(27)30)23(29)26-13-4-5-17-19(9-13)33-11-32-17/h2-9,12,14,18,20-22H,10-11H2,1H3,(H,26,29)/t12-,14+,18-,20-,21-,22+,25-/m0/s1. The van der Waals surface area contributed by atoms with Gasteiger partial charge >= 0.3 is 0 Å². The summed E-state index contributed by atoms with van der Waals surface area (Å²) in [5.74, 6) is -0.534. The minimum absolute atomic E-state index is 0.0548. The maximum atomic E-state index is 13.9. The number of hydrogen-bond donors (Lipinski definition) is 1. The van der Waals surface area contributed by atoms with Crippen molar-refractivity contribution in [3.63, 3.8) is 0 Å². The third-order valence-electron chi connectivity index (χ3n) is 7.89. The van der Waals surface area contributed by atoms with Crippen LogP contribution in [0.2, 0.25) is 0 Å². The summed E-state index contributed by atoms with van der Waals surface area (Å²) in [7, 11) is 0. The Balaban J connectivity index is 1.24. The second-order valence-corrected chi connectivity index (χ2v) is 9.54. The molecule has 0 radical (unpaired) electrons. The van der Waals surface area contributed by atoms with E-state index in [0.717, 1.165) is 0 Å². The summed E-state index contributed by atoms with van der Waals surface area (Å²) < 4.78 is 22.7. The number of fused-ring (bicyclic) bond motifs is 3. The van der Waals surface area contributed by atoms with Crippen LogP contribution in [0.5, 0.6) is 11.5 Å². The normalized spacial score (nSPS) is 36.7. The maximum Gasteiger partial charge on any atom is 0.231 e. The molecule has 174 valence electrons. The van der Waals surface area contributed by atoms with Crippen LogP contribution >= 0.6 is 0 Å². The number of furan rings is 1. The van der Waals surface area contributed by atoms with Crippen LogP contribution in [0.25, 0.3) is 0 Å². The van der Waals surface area contributed by atoms with Gasteiger partial charge in [-0.05, 0) is 24.3 Å². The molecule has 34 heavy (non-hydrogen) atoms. The molecule has 6 heterocycles. The number of nitrogens with zero attached hydrogens (tertiary/aromatic N) is 1. The average Bonchev–Trinajstić information content (AvgIpc) is 3.64. The number of ketones is 1. The van der Waals surface area contributed by atoms with E-state index in [2.05, 4.69) is 5.32 Å². The quantitative estimate of drug-likeness (QED) is 0.698. The van der Waals surface area contributed by atoms with Crippen molar-refractivity contribution in [3.05, 3.63) is 54.5 Å². The van der Waals surface area contributed by atoms with Gasteiger partial charge in [0.1, 0.15) is 17.1 Å². The molecule has 1 spiro atoms. The lowest BCUT2D eigenvalue weighted by molar-refractivity contribution is -0.147. The summed E-state index contributed by atoms with van der Waals surface area (Å²) >= 11 is 0. The molecule has 9 heteroatoms. The number of amides is 2. The Morgan fingerprint density at radius 1 is 1.18 bits per heavy atom. The summed E-state index contributed by atoms with van der Waals surface area (Å²) in [4.78, 5) is 42.2. The third-order valence-corrected chi connectivity index (χ3v) is 7.89. The van der Waals surface area contributed by atoms with Crippen molar-refractivity contribution in [2.45, 2.75) is 37.1 Å². The van der Waals surface area contributed by atoms with E-state index < -0.39 is 41.5 Å². The molecule has 0 aliphatic carbocycles. The van der Waals surface area contributed by atoms with Crippen molar-refractivity contribution in [1.29, 1.82) is 0 Å². The fraction of sp³-hybridized carbons (Fsp3) is 0.400. The van der Waals surface area contributed by atoms with Crippen LogP contribution in [0, 0.1) is 17.8 Å². The number of piperidine rings is 1. The van der Waals surface area contributed by atoms with E-state index in [1.165, 1.54) is 6.26 Å². The fourth-order valence-corrected chi connectivity index (χ4v) is 6.46. The first-order valence-electron chi connectivity index (χ1n) is 11.4. The SMILES string of the molecule is C[C@H]1C(=O)C[C@H](c2ccco2)N2C(=O)[C@@H]3[C@@H](C(=O)Nc4ccc5c(c4)OCO5)[C@@H]4C=C[C@@]3(O4)[C@@H]12. The summed E-state index contributed by atoms with van der Waals surface area (Å²) in [5.41, 5.74) is -0.464. The highest BCUT2D eigenvalue weighted by atomic mass is 16.7. The molecule has 5 aliphatic rings. The minimum atomic E-state index is -1.01. The molecule has 7 atom stereocenters. The van der Waals surface area contributed by atoms with E-state index in [-0.39, 0.29) is 30.8 Å². The van der Waals surface area contributed by atoms with Crippen LogP contribution in [0.15, 0.2) is 53.2 Å². The number of carbonyl (C=O) groups excluding carboxylic acids is 3. The number of carbonyl (C=O) groups is 3. The van der Waals surface area contributed by atoms with Gasteiger partial charge in [-0.1, -0.05) is 19.1 Å². The molecule has 3 saturated heterocycles. The molecule has 2 aromatic rings. The second-order valence-electron chi connectivity index (χ2n) is 9.54. The lowest BCUT2D eigenvalue weighted by Gasteiger charge is -2.43. The average molecular weight is 462 g/mol. The predicted molar refractivity (Wildman–Crippen MR) is 116 cm³/mol. The second kappa shape index (κ2) is 6.73. The third kappa shape index (κ3) is 2.45. The van der Waals surface area contributed by atoms with Crippen molar-refractivity contribution in [2.75, 3.05) is 12.1 Å². The van der Waals surface area contributed by atoms with Crippen molar-refractivity contribution in [2.24, 2.45) is 17.8 Å². The van der Waals surface area contributed by atoms with E-state index in [1.54, 1.807) is 35.2 Å². The van der Waals surface area contributed by atoms with Gasteiger partial charge in [-0.25, -0.2) is 0 Å². The first kappa shape index (κ1) is 19.8. The number of nitrogens with one attached hydrogen (secondary N) is 1. The monoisotopic (exact) mass is 462 g/mol. The fourth-order valence-electron chi connectivity index (χ4n) is 6.46. The molecule has 1 N–H and O–H groups in total. The molecule has 5 aliphatic heterocycles. The van der Waals surface area contributed by atoms with Gasteiger partial charge in [0.15, 0.2) is 11.5 Å². The summed E-state index contributed by atoms with van der Waals surface area (Å²) in [6.45, 7) is 1.98. The van der Waals surface area contributed by atoms with Crippen molar-refractivity contribution in [3.8, 4) is 11.5 Å². The Bertz CT molecular complexity index is 1250. The number of anilines is 1. The molecule has 2 amide bonds. The molecule has 0 unspecified atom stereocenters. The summed E-state index contributed by atoms with van der Waals surface area (Å²) in [6, 6.07) is 7.69. The molecule has 9 nitrogen and oxygen atoms in total. The van der Waals surface area contributed by atoms with Gasteiger partial charge in [-0.2, -0.15) is 0 Å². The van der Waals surface area contributed by atoms with Gasteiger partial charge < -0.3 is 28.8 Å². The minimum Gasteiger partial charge on any atom is -0.467 e. The summed E-state index contributed by atoms with van der Waals surface area (Å²) in [5, 5.41) is 2.92. The van der Waals surface area contributed by atoms with Crippen molar-refractivity contribution < 1.29 is 33.0 Å². The van der Waals surface area contributed by atoms with E-state index in [9.17, 15) is 14.4 Å². The van der Waals surface area contributed by atoms with Gasteiger partial charge in [0, 0.05) is 24.1 Å². The first-order valence-corrected chi connectivity index (χ1v) is 11.4. The zero-order valence-corrected chi connectivity index (χ0v) is 18.3. The van der Waals surface area contributed by atoms with E-state index in [1.807, 2.05) is 19.1 Å². The zero-order valence-electron chi connectivity index (χ0n) is 18.3. The number of benzene rings is 1. The predicted octanol–water partition coefficient (Wildman–Crippen LogP) is 2.45. The molecule has 1 aromatic heterocycles. The lowest BCUT2D eigenvalue weighted by atomic mass is 9.70. The van der Waals surface area contributed by atoms with Crippen LogP contribution in [-0.4, -0.2) is 47.0 Å². The Kier molecular flexibility index (Phi) is 3.92. The van der Waals surface area contributed by atoms with Gasteiger partial charge in [-0.3, -0.25) is 14.4 Å². The molecule has 2 bridgehead atoms. The lowest BCUT2D eigenvalue weighted by Crippen LogP contribution is -2.55. The number of rotatable bonds is 3. The van der Waals surface area contributed by atoms with Crippen LogP contribution in [0.3, 0.4) is 0 Å². The number of Topliss-reactive ketones (excluding diaryl/α,β-unsaturated/α-hetero) is 1. The van der Waals surface area contributed by atoms with Crippen molar-refractivity contribution >= 4 is 23.3 Å². The largest absolute Gasteiger partial charge is 0.467 e. The van der Waals surface area contributed by atoms with Crippen LogP contribution in [0.4, 0.5) is 5.69 Å². The zero-order chi connectivity index (χ0) is 23.2. The molecular formula is C25H22N2O7. The first-order chi connectivity index (χ1) is 16.5. The Morgan fingerprint density at radius 2 is 2.03 bits per heavy atom. The topological polar surface area (TPSA) is 107 Å². The molecule has 1 aromatic carbocycles. The van der Waals surface area contributed by atoms with Crippen LogP contribution in [-0.2, 0) is 19.1 Å². The Hall–Kier alpha value is -3.59. The van der Waals surface area contributed by atoms with Gasteiger partial charge in [0.25, 0.3) is 0 Å². The van der Waals surface area contributed by atoms with Crippen molar-refractivity contribution in [1.82, 2.24) is 4.90 Å². The molecule has 0 saturated carbocycles. The molecule has 7 rings (SSSR count). The smallest absolute Gasteiger partial charge is 0.231 e. The van der Waals surface area contributed by atoms with Gasteiger partial charge in [-0.15, -0.1) is 0 Å². The molecule has 3 fully saturated rings. The Labute approximate surface area is 194 Å². The van der Waals surface area contributed by atoms with Crippen LogP contribution in [0.1, 0.15) is 25.1 Å². The molecular weight excluding hydrogens is 440 g/mol. The number of hydrogen-bond acceptors (Lipinski definition) is 7. The van der Waals surface area contributed by atoms with Crippen LogP contribution < -0.4 is 14.8 Å².